The fourth-order valence-electron chi connectivity index (χ4n) is 2.37. The molecule has 0 saturated carbocycles. The molecule has 134 valence electrons. The van der Waals surface area contributed by atoms with Gasteiger partial charge in [0.2, 0.25) is 10.0 Å². The van der Waals surface area contributed by atoms with Gasteiger partial charge in [0.05, 0.1) is 15.3 Å². The molecule has 0 fully saturated rings. The lowest BCUT2D eigenvalue weighted by Crippen LogP contribution is -2.29. The van der Waals surface area contributed by atoms with Crippen LogP contribution >= 0.6 is 0 Å². The Kier molecular flexibility index (Phi) is 5.10. The van der Waals surface area contributed by atoms with Crippen LogP contribution in [0.4, 0.5) is 11.5 Å². The number of hydrogen-bond donors (Lipinski definition) is 2. The fourth-order valence-corrected chi connectivity index (χ4v) is 3.40. The molecule has 0 aliphatic carbocycles. The van der Waals surface area contributed by atoms with Crippen LogP contribution in [0.2, 0.25) is 0 Å². The zero-order valence-corrected chi connectivity index (χ0v) is 14.4. The first-order valence-electron chi connectivity index (χ1n) is 7.79. The SMILES string of the molecule is O=[N+]([O-])c1ccc(S(=O)(=O)NCCNc2ccc3ccccc3n2)cc1. The average Bonchev–Trinajstić information content (AvgIpc) is 2.65. The molecular weight excluding hydrogens is 356 g/mol. The summed E-state index contributed by atoms with van der Waals surface area (Å²) in [6, 6.07) is 16.2. The van der Waals surface area contributed by atoms with E-state index in [-0.39, 0.29) is 17.1 Å². The van der Waals surface area contributed by atoms with Crippen molar-refractivity contribution in [3.63, 3.8) is 0 Å². The molecule has 3 rings (SSSR count). The second-order valence-corrected chi connectivity index (χ2v) is 7.23. The fraction of sp³-hybridized carbons (Fsp3) is 0.118. The van der Waals surface area contributed by atoms with Crippen LogP contribution in [0.25, 0.3) is 10.9 Å². The van der Waals surface area contributed by atoms with Crippen LogP contribution in [0.5, 0.6) is 0 Å². The van der Waals surface area contributed by atoms with Crippen molar-refractivity contribution >= 4 is 32.4 Å². The third-order valence-electron chi connectivity index (χ3n) is 3.68. The van der Waals surface area contributed by atoms with E-state index in [2.05, 4.69) is 15.0 Å². The minimum absolute atomic E-state index is 0.0214. The first-order chi connectivity index (χ1) is 12.5. The van der Waals surface area contributed by atoms with Crippen LogP contribution in [0, 0.1) is 10.1 Å². The highest BCUT2D eigenvalue weighted by Gasteiger charge is 2.15. The molecule has 0 atom stereocenters. The molecule has 0 aliphatic heterocycles. The molecule has 0 unspecified atom stereocenters. The van der Waals surface area contributed by atoms with Crippen molar-refractivity contribution in [2.45, 2.75) is 4.90 Å². The average molecular weight is 372 g/mol. The quantitative estimate of drug-likeness (QED) is 0.374. The number of anilines is 1. The molecule has 2 aromatic carbocycles. The van der Waals surface area contributed by atoms with Gasteiger partial charge < -0.3 is 5.32 Å². The Bertz CT molecular complexity index is 1040. The number of nitrogens with one attached hydrogen (secondary N) is 2. The van der Waals surface area contributed by atoms with Gasteiger partial charge in [0, 0.05) is 30.6 Å². The van der Waals surface area contributed by atoms with Crippen molar-refractivity contribution in [1.82, 2.24) is 9.71 Å². The highest BCUT2D eigenvalue weighted by atomic mass is 32.2. The van der Waals surface area contributed by atoms with Crippen molar-refractivity contribution < 1.29 is 13.3 Å². The third kappa shape index (κ3) is 4.13. The normalized spacial score (nSPS) is 11.4. The van der Waals surface area contributed by atoms with Crippen LogP contribution in [-0.4, -0.2) is 31.4 Å². The lowest BCUT2D eigenvalue weighted by atomic mass is 10.2. The van der Waals surface area contributed by atoms with Crippen molar-refractivity contribution in [2.75, 3.05) is 18.4 Å². The van der Waals surface area contributed by atoms with E-state index in [0.717, 1.165) is 23.0 Å². The number of nitro groups is 1. The minimum atomic E-state index is -3.72. The molecule has 2 N–H and O–H groups in total. The summed E-state index contributed by atoms with van der Waals surface area (Å²) in [5.41, 5.74) is 0.692. The number of benzene rings is 2. The van der Waals surface area contributed by atoms with Crippen LogP contribution in [0.1, 0.15) is 0 Å². The summed E-state index contributed by atoms with van der Waals surface area (Å²) in [6.45, 7) is 0.491. The Morgan fingerprint density at radius 2 is 1.69 bits per heavy atom. The van der Waals surface area contributed by atoms with Crippen LogP contribution < -0.4 is 10.0 Å². The minimum Gasteiger partial charge on any atom is -0.369 e. The number of nitrogens with zero attached hydrogens (tertiary/aromatic N) is 2. The maximum Gasteiger partial charge on any atom is 0.269 e. The highest BCUT2D eigenvalue weighted by molar-refractivity contribution is 7.89. The van der Waals surface area contributed by atoms with Gasteiger partial charge in [-0.3, -0.25) is 10.1 Å². The van der Waals surface area contributed by atoms with Gasteiger partial charge in [-0.1, -0.05) is 18.2 Å². The van der Waals surface area contributed by atoms with Crippen molar-refractivity contribution in [3.05, 3.63) is 70.8 Å². The third-order valence-corrected chi connectivity index (χ3v) is 5.16. The second kappa shape index (κ2) is 7.46. The second-order valence-electron chi connectivity index (χ2n) is 5.46. The molecule has 0 aliphatic rings. The molecule has 0 saturated heterocycles. The Labute approximate surface area is 150 Å². The van der Waals surface area contributed by atoms with E-state index in [1.54, 1.807) is 0 Å². The van der Waals surface area contributed by atoms with Gasteiger partial charge in [0.1, 0.15) is 5.82 Å². The number of fused-ring (bicyclic) bond motifs is 1. The zero-order valence-electron chi connectivity index (χ0n) is 13.6. The van der Waals surface area contributed by atoms with Crippen molar-refractivity contribution in [2.24, 2.45) is 0 Å². The summed E-state index contributed by atoms with van der Waals surface area (Å²) < 4.78 is 26.8. The number of nitro benzene ring substituents is 1. The molecule has 3 aromatic rings. The lowest BCUT2D eigenvalue weighted by Gasteiger charge is -2.09. The van der Waals surface area contributed by atoms with E-state index in [9.17, 15) is 18.5 Å². The number of pyridine rings is 1. The van der Waals surface area contributed by atoms with Gasteiger partial charge in [-0.05, 0) is 30.3 Å². The first kappa shape index (κ1) is 17.8. The predicted octanol–water partition coefficient (Wildman–Crippen LogP) is 2.53. The van der Waals surface area contributed by atoms with E-state index < -0.39 is 14.9 Å². The van der Waals surface area contributed by atoms with Crippen molar-refractivity contribution in [1.29, 1.82) is 0 Å². The Morgan fingerprint density at radius 1 is 0.962 bits per heavy atom. The maximum atomic E-state index is 12.2. The van der Waals surface area contributed by atoms with E-state index in [1.165, 1.54) is 12.1 Å². The van der Waals surface area contributed by atoms with E-state index in [1.807, 2.05) is 36.4 Å². The number of sulfonamides is 1. The van der Waals surface area contributed by atoms with E-state index >= 15 is 0 Å². The van der Waals surface area contributed by atoms with E-state index in [4.69, 9.17) is 0 Å². The van der Waals surface area contributed by atoms with Crippen LogP contribution in [0.15, 0.2) is 65.6 Å². The van der Waals surface area contributed by atoms with Gasteiger partial charge in [0.15, 0.2) is 0 Å². The Balaban J connectivity index is 1.56. The lowest BCUT2D eigenvalue weighted by molar-refractivity contribution is -0.384. The van der Waals surface area contributed by atoms with E-state index in [0.29, 0.717) is 12.4 Å². The first-order valence-corrected chi connectivity index (χ1v) is 9.28. The summed E-state index contributed by atoms with van der Waals surface area (Å²) in [4.78, 5) is 14.5. The summed E-state index contributed by atoms with van der Waals surface area (Å²) in [5, 5.41) is 14.7. The largest absolute Gasteiger partial charge is 0.369 e. The monoisotopic (exact) mass is 372 g/mol. The standard InChI is InChI=1S/C17H16N4O4S/c22-21(23)14-6-8-15(9-7-14)26(24,25)19-12-11-18-17-10-5-13-3-1-2-4-16(13)20-17/h1-10,19H,11-12H2,(H,18,20). The molecule has 9 heteroatoms. The Morgan fingerprint density at radius 3 is 2.42 bits per heavy atom. The molecule has 0 bridgehead atoms. The maximum absolute atomic E-state index is 12.2. The molecule has 26 heavy (non-hydrogen) atoms. The molecule has 0 radical (unpaired) electrons. The topological polar surface area (TPSA) is 114 Å². The molecule has 0 spiro atoms. The number of non-ortho nitro benzene ring substituents is 1. The molecule has 8 nitrogen and oxygen atoms in total. The summed E-state index contributed by atoms with van der Waals surface area (Å²) in [6.07, 6.45) is 0. The number of rotatable bonds is 7. The number of aromatic nitrogens is 1. The van der Waals surface area contributed by atoms with Gasteiger partial charge in [0.25, 0.3) is 5.69 Å². The molecular formula is C17H16N4O4S. The molecule has 0 amide bonds. The molecule has 1 heterocycles. The number of para-hydroxylation sites is 1. The van der Waals surface area contributed by atoms with Crippen molar-refractivity contribution in [3.8, 4) is 0 Å². The predicted molar refractivity (Wildman–Crippen MR) is 98.5 cm³/mol. The molecule has 1 aromatic heterocycles. The zero-order chi connectivity index (χ0) is 18.6. The Hall–Kier alpha value is -3.04. The van der Waals surface area contributed by atoms with Gasteiger partial charge in [-0.2, -0.15) is 0 Å². The summed E-state index contributed by atoms with van der Waals surface area (Å²) in [7, 11) is -3.72. The van der Waals surface area contributed by atoms with Gasteiger partial charge in [-0.25, -0.2) is 18.1 Å². The number of hydrogen-bond acceptors (Lipinski definition) is 6. The smallest absolute Gasteiger partial charge is 0.269 e. The van der Waals surface area contributed by atoms with Gasteiger partial charge >= 0.3 is 0 Å². The highest BCUT2D eigenvalue weighted by Crippen LogP contribution is 2.16. The van der Waals surface area contributed by atoms with Crippen LogP contribution in [0.3, 0.4) is 0 Å². The summed E-state index contributed by atoms with van der Waals surface area (Å²) >= 11 is 0. The summed E-state index contributed by atoms with van der Waals surface area (Å²) in [5.74, 6) is 0.651. The van der Waals surface area contributed by atoms with Crippen LogP contribution in [-0.2, 0) is 10.0 Å². The van der Waals surface area contributed by atoms with Gasteiger partial charge in [-0.15, -0.1) is 0 Å².